The first-order valence-electron chi connectivity index (χ1n) is 11.6. The molecule has 33 heavy (non-hydrogen) atoms. The lowest BCUT2D eigenvalue weighted by atomic mass is 9.99. The third-order valence-corrected chi connectivity index (χ3v) is 5.95. The van der Waals surface area contributed by atoms with E-state index in [0.29, 0.717) is 18.9 Å². The summed E-state index contributed by atoms with van der Waals surface area (Å²) >= 11 is 0. The number of carbonyl (C=O) groups is 1. The molecule has 0 aromatic heterocycles. The minimum atomic E-state index is -0.784. The van der Waals surface area contributed by atoms with Gasteiger partial charge >= 0.3 is 0 Å². The lowest BCUT2D eigenvalue weighted by Crippen LogP contribution is -2.47. The molecule has 2 N–H and O–H groups in total. The number of aliphatic hydroxyl groups excluding tert-OH is 1. The molecule has 2 aromatic carbocycles. The lowest BCUT2D eigenvalue weighted by Gasteiger charge is -2.29. The topological polar surface area (TPSA) is 80.3 Å². The van der Waals surface area contributed by atoms with E-state index in [0.717, 1.165) is 49.2 Å². The fourth-order valence-electron chi connectivity index (χ4n) is 4.01. The maximum atomic E-state index is 12.7. The molecule has 1 aliphatic rings. The van der Waals surface area contributed by atoms with Crippen molar-refractivity contribution in [3.8, 4) is 11.5 Å². The van der Waals surface area contributed by atoms with Crippen LogP contribution in [0.5, 0.6) is 11.5 Å². The van der Waals surface area contributed by atoms with Crippen LogP contribution in [-0.2, 0) is 16.0 Å². The minimum Gasteiger partial charge on any atom is -0.497 e. The average molecular weight is 457 g/mol. The number of likely N-dealkylation sites (tertiary alicyclic amines) is 1. The maximum Gasteiger partial charge on any atom is 0.223 e. The first-order valence-corrected chi connectivity index (χ1v) is 11.6. The van der Waals surface area contributed by atoms with Crippen molar-refractivity contribution in [2.45, 2.75) is 37.8 Å². The molecule has 0 saturated carbocycles. The highest BCUT2D eigenvalue weighted by atomic mass is 16.5. The molecule has 0 aliphatic carbocycles. The lowest BCUT2D eigenvalue weighted by molar-refractivity contribution is -0.123. The van der Waals surface area contributed by atoms with Gasteiger partial charge in [0.15, 0.2) is 0 Å². The van der Waals surface area contributed by atoms with Gasteiger partial charge in [0.05, 0.1) is 32.8 Å². The highest BCUT2D eigenvalue weighted by Gasteiger charge is 2.26. The zero-order valence-electron chi connectivity index (χ0n) is 19.7. The van der Waals surface area contributed by atoms with E-state index < -0.39 is 6.10 Å². The molecule has 2 aromatic rings. The molecular weight excluding hydrogens is 420 g/mol. The average Bonchev–Trinajstić information content (AvgIpc) is 3.36. The van der Waals surface area contributed by atoms with Crippen LogP contribution in [0.4, 0.5) is 0 Å². The van der Waals surface area contributed by atoms with Crippen molar-refractivity contribution in [1.82, 2.24) is 10.2 Å². The van der Waals surface area contributed by atoms with Gasteiger partial charge in [-0.1, -0.05) is 24.3 Å². The van der Waals surface area contributed by atoms with Crippen LogP contribution in [-0.4, -0.2) is 69.0 Å². The Balaban J connectivity index is 1.56. The molecule has 1 aliphatic heterocycles. The minimum absolute atomic E-state index is 0.136. The Bertz CT molecular complexity index is 835. The van der Waals surface area contributed by atoms with Crippen molar-refractivity contribution in [2.24, 2.45) is 0 Å². The molecule has 1 fully saturated rings. The summed E-state index contributed by atoms with van der Waals surface area (Å²) in [7, 11) is 3.30. The summed E-state index contributed by atoms with van der Waals surface area (Å²) in [6, 6.07) is 14.8. The standard InChI is InChI=1S/C26H36N2O5/c1-31-17-13-20-5-7-21(8-6-20)26(30)24(19-28-15-3-4-16-28)27-25(29)14-18-33-23-11-9-22(32-2)10-12-23/h5-12,24,26,30H,3-4,13-19H2,1-2H3,(H,27,29). The van der Waals surface area contributed by atoms with Crippen molar-refractivity contribution < 1.29 is 24.1 Å². The van der Waals surface area contributed by atoms with E-state index in [2.05, 4.69) is 10.2 Å². The van der Waals surface area contributed by atoms with Gasteiger partial charge in [0.1, 0.15) is 17.6 Å². The Hall–Kier alpha value is -2.61. The summed E-state index contributed by atoms with van der Waals surface area (Å²) in [4.78, 5) is 15.0. The molecule has 0 radical (unpaired) electrons. The van der Waals surface area contributed by atoms with Crippen molar-refractivity contribution in [2.75, 3.05) is 47.1 Å². The van der Waals surface area contributed by atoms with Gasteiger partial charge in [-0.05, 0) is 67.7 Å². The second kappa shape index (κ2) is 13.2. The van der Waals surface area contributed by atoms with Gasteiger partial charge < -0.3 is 29.5 Å². The number of aliphatic hydroxyl groups is 1. The van der Waals surface area contributed by atoms with Crippen molar-refractivity contribution >= 4 is 5.91 Å². The SMILES string of the molecule is COCCc1ccc(C(O)C(CN2CCCC2)NC(=O)CCOc2ccc(OC)cc2)cc1. The van der Waals surface area contributed by atoms with E-state index in [1.807, 2.05) is 48.5 Å². The molecule has 1 heterocycles. The summed E-state index contributed by atoms with van der Waals surface area (Å²) in [5.74, 6) is 1.31. The quantitative estimate of drug-likeness (QED) is 0.482. The van der Waals surface area contributed by atoms with Gasteiger partial charge in [-0.15, -0.1) is 0 Å². The first kappa shape index (κ1) is 25.0. The van der Waals surface area contributed by atoms with Crippen molar-refractivity contribution in [3.05, 3.63) is 59.7 Å². The number of hydrogen-bond acceptors (Lipinski definition) is 6. The number of carbonyl (C=O) groups excluding carboxylic acids is 1. The molecular formula is C26H36N2O5. The van der Waals surface area contributed by atoms with Crippen LogP contribution >= 0.6 is 0 Å². The second-order valence-corrected chi connectivity index (χ2v) is 8.38. The molecule has 1 saturated heterocycles. The fraction of sp³-hybridized carbons (Fsp3) is 0.500. The Morgan fingerprint density at radius 3 is 2.30 bits per heavy atom. The third kappa shape index (κ3) is 8.03. The normalized spacial score (nSPS) is 15.7. The van der Waals surface area contributed by atoms with Crippen LogP contribution in [0.1, 0.15) is 36.5 Å². The number of hydrogen-bond donors (Lipinski definition) is 2. The predicted molar refractivity (Wildman–Crippen MR) is 128 cm³/mol. The highest BCUT2D eigenvalue weighted by Crippen LogP contribution is 2.21. The molecule has 3 rings (SSSR count). The van der Waals surface area contributed by atoms with Gasteiger partial charge in [-0.3, -0.25) is 4.79 Å². The number of ether oxygens (including phenoxy) is 3. The van der Waals surface area contributed by atoms with E-state index in [4.69, 9.17) is 14.2 Å². The predicted octanol–water partition coefficient (Wildman–Crippen LogP) is 2.97. The summed E-state index contributed by atoms with van der Waals surface area (Å²) in [5.41, 5.74) is 1.96. The van der Waals surface area contributed by atoms with E-state index in [9.17, 15) is 9.90 Å². The van der Waals surface area contributed by atoms with Crippen LogP contribution in [0.25, 0.3) is 0 Å². The number of amides is 1. The number of rotatable bonds is 13. The largest absolute Gasteiger partial charge is 0.497 e. The number of methoxy groups -OCH3 is 2. The molecule has 0 spiro atoms. The van der Waals surface area contributed by atoms with Crippen molar-refractivity contribution in [3.63, 3.8) is 0 Å². The summed E-state index contributed by atoms with van der Waals surface area (Å²) in [5, 5.41) is 14.1. The van der Waals surface area contributed by atoms with Gasteiger partial charge in [-0.2, -0.15) is 0 Å². The smallest absolute Gasteiger partial charge is 0.223 e. The second-order valence-electron chi connectivity index (χ2n) is 8.38. The van der Waals surface area contributed by atoms with Crippen molar-refractivity contribution in [1.29, 1.82) is 0 Å². The molecule has 7 heteroatoms. The monoisotopic (exact) mass is 456 g/mol. The van der Waals surface area contributed by atoms with Gasteiger partial charge in [0.25, 0.3) is 0 Å². The van der Waals surface area contributed by atoms with Gasteiger partial charge in [0, 0.05) is 13.7 Å². The maximum absolute atomic E-state index is 12.7. The van der Waals surface area contributed by atoms with Gasteiger partial charge in [0.2, 0.25) is 5.91 Å². The molecule has 0 bridgehead atoms. The Kier molecular flexibility index (Phi) is 10.00. The molecule has 2 unspecified atom stereocenters. The summed E-state index contributed by atoms with van der Waals surface area (Å²) < 4.78 is 16.0. The molecule has 2 atom stereocenters. The summed E-state index contributed by atoms with van der Waals surface area (Å²) in [6.45, 7) is 3.54. The Labute approximate surface area is 196 Å². The van der Waals surface area contributed by atoms with Crippen LogP contribution < -0.4 is 14.8 Å². The molecule has 180 valence electrons. The Morgan fingerprint density at radius 2 is 1.67 bits per heavy atom. The molecule has 1 amide bonds. The van der Waals surface area contributed by atoms with Crippen LogP contribution in [0, 0.1) is 0 Å². The van der Waals surface area contributed by atoms with E-state index in [1.54, 1.807) is 14.2 Å². The zero-order valence-corrected chi connectivity index (χ0v) is 19.7. The summed E-state index contributed by atoms with van der Waals surface area (Å²) in [6.07, 6.45) is 2.56. The first-order chi connectivity index (χ1) is 16.1. The van der Waals surface area contributed by atoms with E-state index in [-0.39, 0.29) is 25.0 Å². The van der Waals surface area contributed by atoms with E-state index in [1.165, 1.54) is 0 Å². The number of nitrogens with zero attached hydrogens (tertiary/aromatic N) is 1. The zero-order chi connectivity index (χ0) is 23.5. The number of benzene rings is 2. The Morgan fingerprint density at radius 1 is 1.00 bits per heavy atom. The van der Waals surface area contributed by atoms with Crippen LogP contribution in [0.2, 0.25) is 0 Å². The number of nitrogens with one attached hydrogen (secondary N) is 1. The fourth-order valence-corrected chi connectivity index (χ4v) is 4.01. The van der Waals surface area contributed by atoms with Crippen LogP contribution in [0.15, 0.2) is 48.5 Å². The highest BCUT2D eigenvalue weighted by molar-refractivity contribution is 5.76. The third-order valence-electron chi connectivity index (χ3n) is 5.95. The van der Waals surface area contributed by atoms with Crippen LogP contribution in [0.3, 0.4) is 0 Å². The van der Waals surface area contributed by atoms with E-state index >= 15 is 0 Å². The van der Waals surface area contributed by atoms with Gasteiger partial charge in [-0.25, -0.2) is 0 Å². The molecule has 7 nitrogen and oxygen atoms in total.